The molecule has 1 fully saturated rings. The molecule has 0 amide bonds. The Kier molecular flexibility index (Phi) is 5.09. The number of nitrogens with one attached hydrogen (secondary N) is 1. The van der Waals surface area contributed by atoms with Gasteiger partial charge in [-0.1, -0.05) is 54.1 Å². The molecule has 0 bridgehead atoms. The first-order valence-corrected chi connectivity index (χ1v) is 8.09. The molecule has 22 heavy (non-hydrogen) atoms. The van der Waals surface area contributed by atoms with Gasteiger partial charge >= 0.3 is 0 Å². The highest BCUT2D eigenvalue weighted by molar-refractivity contribution is 6.30. The van der Waals surface area contributed by atoms with Crippen molar-refractivity contribution >= 4 is 17.8 Å². The van der Waals surface area contributed by atoms with Crippen LogP contribution in [0.2, 0.25) is 5.02 Å². The van der Waals surface area contributed by atoms with Crippen LogP contribution >= 0.6 is 11.6 Å². The highest BCUT2D eigenvalue weighted by Gasteiger charge is 2.18. The average molecular weight is 315 g/mol. The minimum atomic E-state index is 0.760. The van der Waals surface area contributed by atoms with Crippen LogP contribution in [0.15, 0.2) is 59.7 Å². The maximum Gasteiger partial charge on any atom is 0.103 e. The Balaban J connectivity index is 1.48. The largest absolute Gasteiger partial charge is 0.328 e. The van der Waals surface area contributed by atoms with Crippen molar-refractivity contribution in [2.45, 2.75) is 6.54 Å². The van der Waals surface area contributed by atoms with Gasteiger partial charge in [0.05, 0.1) is 32.4 Å². The lowest BCUT2D eigenvalue weighted by atomic mass is 10.2. The summed E-state index contributed by atoms with van der Waals surface area (Å²) in [6, 6.07) is 18.5. The number of hydrazone groups is 1. The second kappa shape index (κ2) is 7.43. The molecule has 1 saturated heterocycles. The molecule has 2 aromatic carbocycles. The zero-order valence-corrected chi connectivity index (χ0v) is 13.3. The van der Waals surface area contributed by atoms with Crippen molar-refractivity contribution in [1.82, 2.24) is 5.01 Å². The molecular weight excluding hydrogens is 294 g/mol. The Bertz CT molecular complexity index is 602. The molecule has 1 heterocycles. The number of quaternary nitrogens is 1. The van der Waals surface area contributed by atoms with Crippen molar-refractivity contribution in [3.8, 4) is 0 Å². The Morgan fingerprint density at radius 3 is 2.36 bits per heavy atom. The van der Waals surface area contributed by atoms with Crippen LogP contribution in [0, 0.1) is 0 Å². The summed E-state index contributed by atoms with van der Waals surface area (Å²) in [7, 11) is 0. The first kappa shape index (κ1) is 15.1. The highest BCUT2D eigenvalue weighted by atomic mass is 35.5. The van der Waals surface area contributed by atoms with Gasteiger partial charge in [0.2, 0.25) is 0 Å². The van der Waals surface area contributed by atoms with Crippen molar-refractivity contribution in [2.24, 2.45) is 5.10 Å². The topological polar surface area (TPSA) is 20.0 Å². The van der Waals surface area contributed by atoms with Gasteiger partial charge in [-0.15, -0.1) is 0 Å². The maximum atomic E-state index is 5.89. The third kappa shape index (κ3) is 4.33. The van der Waals surface area contributed by atoms with E-state index in [4.69, 9.17) is 11.6 Å². The summed E-state index contributed by atoms with van der Waals surface area (Å²) in [5.74, 6) is 0. The monoisotopic (exact) mass is 314 g/mol. The third-order valence-electron chi connectivity index (χ3n) is 3.98. The van der Waals surface area contributed by atoms with Crippen molar-refractivity contribution < 1.29 is 4.90 Å². The van der Waals surface area contributed by atoms with Gasteiger partial charge in [-0.3, -0.25) is 5.01 Å². The van der Waals surface area contributed by atoms with E-state index >= 15 is 0 Å². The van der Waals surface area contributed by atoms with E-state index < -0.39 is 0 Å². The standard InChI is InChI=1S/C18H20ClN3/c19-18-8-6-16(7-9-18)14-20-22-12-10-21(11-13-22)15-17-4-2-1-3-5-17/h1-9,14H,10-13,15H2/p+1. The van der Waals surface area contributed by atoms with E-state index in [-0.39, 0.29) is 0 Å². The van der Waals surface area contributed by atoms with Crippen molar-refractivity contribution in [3.63, 3.8) is 0 Å². The van der Waals surface area contributed by atoms with Gasteiger partial charge in [-0.25, -0.2) is 0 Å². The number of hydrogen-bond donors (Lipinski definition) is 1. The van der Waals surface area contributed by atoms with Gasteiger partial charge in [0, 0.05) is 10.6 Å². The summed E-state index contributed by atoms with van der Waals surface area (Å²) in [4.78, 5) is 1.63. The predicted octanol–water partition coefficient (Wildman–Crippen LogP) is 2.07. The third-order valence-corrected chi connectivity index (χ3v) is 4.24. The molecule has 1 aliphatic rings. The zero-order chi connectivity index (χ0) is 15.2. The lowest BCUT2D eigenvalue weighted by molar-refractivity contribution is -0.918. The summed E-state index contributed by atoms with van der Waals surface area (Å²) in [5, 5.41) is 7.49. The second-order valence-electron chi connectivity index (χ2n) is 5.66. The van der Waals surface area contributed by atoms with Gasteiger partial charge in [-0.05, 0) is 17.7 Å². The van der Waals surface area contributed by atoms with E-state index in [1.807, 2.05) is 30.5 Å². The number of hydrogen-bond acceptors (Lipinski definition) is 2. The Hall–Kier alpha value is -1.84. The SMILES string of the molecule is Clc1ccc(C=NN2CC[NH+](Cc3ccccc3)CC2)cc1. The maximum absolute atomic E-state index is 5.89. The molecule has 1 aliphatic heterocycles. The molecule has 114 valence electrons. The Morgan fingerprint density at radius 1 is 1.00 bits per heavy atom. The molecule has 4 heteroatoms. The number of halogens is 1. The first-order valence-electron chi connectivity index (χ1n) is 7.71. The summed E-state index contributed by atoms with van der Waals surface area (Å²) >= 11 is 5.89. The lowest BCUT2D eigenvalue weighted by Gasteiger charge is -2.30. The molecule has 0 unspecified atom stereocenters. The molecule has 3 nitrogen and oxygen atoms in total. The molecule has 0 aromatic heterocycles. The smallest absolute Gasteiger partial charge is 0.103 e. The fraction of sp³-hybridized carbons (Fsp3) is 0.278. The van der Waals surface area contributed by atoms with E-state index in [1.54, 1.807) is 4.90 Å². The second-order valence-corrected chi connectivity index (χ2v) is 6.10. The predicted molar refractivity (Wildman–Crippen MR) is 91.5 cm³/mol. The van der Waals surface area contributed by atoms with E-state index in [9.17, 15) is 0 Å². The molecule has 0 saturated carbocycles. The lowest BCUT2D eigenvalue weighted by Crippen LogP contribution is -3.13. The molecule has 0 aliphatic carbocycles. The van der Waals surface area contributed by atoms with E-state index in [0.717, 1.165) is 43.3 Å². The van der Waals surface area contributed by atoms with Crippen LogP contribution in [0.5, 0.6) is 0 Å². The summed E-state index contributed by atoms with van der Waals surface area (Å²) in [5.41, 5.74) is 2.50. The van der Waals surface area contributed by atoms with Crippen molar-refractivity contribution in [2.75, 3.05) is 26.2 Å². The molecule has 0 spiro atoms. The molecular formula is C18H21ClN3+. The highest BCUT2D eigenvalue weighted by Crippen LogP contribution is 2.08. The first-order chi connectivity index (χ1) is 10.8. The molecule has 0 radical (unpaired) electrons. The van der Waals surface area contributed by atoms with Gasteiger partial charge in [0.25, 0.3) is 0 Å². The van der Waals surface area contributed by atoms with Crippen LogP contribution in [0.25, 0.3) is 0 Å². The van der Waals surface area contributed by atoms with Crippen molar-refractivity contribution in [1.29, 1.82) is 0 Å². The molecule has 3 rings (SSSR count). The van der Waals surface area contributed by atoms with Crippen LogP contribution in [0.1, 0.15) is 11.1 Å². The fourth-order valence-corrected chi connectivity index (χ4v) is 2.81. The van der Waals surface area contributed by atoms with Crippen LogP contribution in [-0.4, -0.2) is 37.4 Å². The van der Waals surface area contributed by atoms with Gasteiger partial charge in [0.1, 0.15) is 6.54 Å². The summed E-state index contributed by atoms with van der Waals surface area (Å²) < 4.78 is 0. The minimum Gasteiger partial charge on any atom is -0.328 e. The van der Waals surface area contributed by atoms with Gasteiger partial charge in [0.15, 0.2) is 0 Å². The summed E-state index contributed by atoms with van der Waals surface area (Å²) in [6.45, 7) is 5.38. The van der Waals surface area contributed by atoms with E-state index in [1.165, 1.54) is 5.56 Å². The Labute approximate surface area is 136 Å². The van der Waals surface area contributed by atoms with E-state index in [0.29, 0.717) is 0 Å². The van der Waals surface area contributed by atoms with Crippen LogP contribution in [0.4, 0.5) is 0 Å². The normalized spacial score (nSPS) is 16.3. The fourth-order valence-electron chi connectivity index (χ4n) is 2.69. The zero-order valence-electron chi connectivity index (χ0n) is 12.6. The van der Waals surface area contributed by atoms with Crippen LogP contribution < -0.4 is 4.90 Å². The quantitative estimate of drug-likeness (QED) is 0.857. The Morgan fingerprint density at radius 2 is 1.68 bits per heavy atom. The number of rotatable bonds is 4. The number of piperazine rings is 1. The minimum absolute atomic E-state index is 0.760. The molecule has 2 aromatic rings. The van der Waals surface area contributed by atoms with Gasteiger partial charge < -0.3 is 4.90 Å². The average Bonchev–Trinajstić information content (AvgIpc) is 2.57. The number of nitrogens with zero attached hydrogens (tertiary/aromatic N) is 2. The molecule has 1 N–H and O–H groups in total. The molecule has 0 atom stereocenters. The summed E-state index contributed by atoms with van der Waals surface area (Å²) in [6.07, 6.45) is 1.92. The van der Waals surface area contributed by atoms with E-state index in [2.05, 4.69) is 40.4 Å². The van der Waals surface area contributed by atoms with Gasteiger partial charge in [-0.2, -0.15) is 5.10 Å². The van der Waals surface area contributed by atoms with Crippen LogP contribution in [-0.2, 0) is 6.54 Å². The van der Waals surface area contributed by atoms with Crippen LogP contribution in [0.3, 0.4) is 0 Å². The van der Waals surface area contributed by atoms with Crippen molar-refractivity contribution in [3.05, 3.63) is 70.7 Å². The number of benzene rings is 2.